The predicted molar refractivity (Wildman–Crippen MR) is 76.6 cm³/mol. The van der Waals surface area contributed by atoms with Gasteiger partial charge in [-0.25, -0.2) is 4.79 Å². The first-order valence-electron chi connectivity index (χ1n) is 7.16. The zero-order chi connectivity index (χ0) is 14.5. The Morgan fingerprint density at radius 3 is 2.70 bits per heavy atom. The number of hydrogen-bond donors (Lipinski definition) is 2. The van der Waals surface area contributed by atoms with Crippen LogP contribution in [-0.2, 0) is 11.2 Å². The number of carboxylic acid groups (broad SMARTS) is 1. The lowest BCUT2D eigenvalue weighted by atomic mass is 9.98. The molecule has 0 spiro atoms. The van der Waals surface area contributed by atoms with E-state index in [4.69, 9.17) is 5.11 Å². The van der Waals surface area contributed by atoms with Crippen molar-refractivity contribution < 1.29 is 14.7 Å². The Bertz CT molecular complexity index is 498. The van der Waals surface area contributed by atoms with Gasteiger partial charge >= 0.3 is 5.97 Å². The number of carboxylic acids is 1. The van der Waals surface area contributed by atoms with E-state index in [0.717, 1.165) is 0 Å². The van der Waals surface area contributed by atoms with Crippen LogP contribution in [0, 0.1) is 11.8 Å². The molecule has 0 heterocycles. The van der Waals surface area contributed by atoms with Crippen LogP contribution in [0.2, 0.25) is 0 Å². The summed E-state index contributed by atoms with van der Waals surface area (Å²) in [4.78, 5) is 23.0. The fraction of sp³-hybridized carbons (Fsp3) is 0.500. The number of hydrogen-bond acceptors (Lipinski definition) is 2. The minimum absolute atomic E-state index is 0.0993. The Kier molecular flexibility index (Phi) is 4.77. The molecule has 108 valence electrons. The minimum Gasteiger partial charge on any atom is -0.478 e. The standard InChI is InChI=1S/C16H21NO3/c1-11-5-4-7-13(11)10-17-15(18)9-12-6-2-3-8-14(12)16(19)20/h2-3,6,8,11,13H,4-5,7,9-10H2,1H3,(H,17,18)(H,19,20). The average molecular weight is 275 g/mol. The SMILES string of the molecule is CC1CCCC1CNC(=O)Cc1ccccc1C(=O)O. The summed E-state index contributed by atoms with van der Waals surface area (Å²) in [5.41, 5.74) is 0.772. The van der Waals surface area contributed by atoms with Gasteiger partial charge in [-0.05, 0) is 29.9 Å². The van der Waals surface area contributed by atoms with E-state index in [1.54, 1.807) is 18.2 Å². The Morgan fingerprint density at radius 2 is 2.05 bits per heavy atom. The smallest absolute Gasteiger partial charge is 0.335 e. The Morgan fingerprint density at radius 1 is 1.30 bits per heavy atom. The van der Waals surface area contributed by atoms with Crippen LogP contribution in [0.5, 0.6) is 0 Å². The highest BCUT2D eigenvalue weighted by Gasteiger charge is 2.23. The monoisotopic (exact) mass is 275 g/mol. The van der Waals surface area contributed by atoms with Crippen molar-refractivity contribution >= 4 is 11.9 Å². The summed E-state index contributed by atoms with van der Waals surface area (Å²) in [6.07, 6.45) is 3.78. The van der Waals surface area contributed by atoms with Crippen LogP contribution in [0.15, 0.2) is 24.3 Å². The van der Waals surface area contributed by atoms with Crippen LogP contribution in [0.1, 0.15) is 42.1 Å². The summed E-state index contributed by atoms with van der Waals surface area (Å²) < 4.78 is 0. The molecule has 0 radical (unpaired) electrons. The molecule has 0 saturated heterocycles. The largest absolute Gasteiger partial charge is 0.478 e. The highest BCUT2D eigenvalue weighted by Crippen LogP contribution is 2.30. The van der Waals surface area contributed by atoms with Gasteiger partial charge in [-0.2, -0.15) is 0 Å². The first kappa shape index (κ1) is 14.6. The molecule has 2 unspecified atom stereocenters. The van der Waals surface area contributed by atoms with E-state index >= 15 is 0 Å². The van der Waals surface area contributed by atoms with E-state index in [-0.39, 0.29) is 17.9 Å². The molecule has 4 heteroatoms. The second kappa shape index (κ2) is 6.55. The maximum absolute atomic E-state index is 11.9. The first-order valence-corrected chi connectivity index (χ1v) is 7.16. The second-order valence-electron chi connectivity index (χ2n) is 5.61. The van der Waals surface area contributed by atoms with Gasteiger partial charge < -0.3 is 10.4 Å². The number of rotatable bonds is 5. The fourth-order valence-corrected chi connectivity index (χ4v) is 2.89. The number of nitrogens with one attached hydrogen (secondary N) is 1. The summed E-state index contributed by atoms with van der Waals surface area (Å²) in [7, 11) is 0. The maximum atomic E-state index is 11.9. The lowest BCUT2D eigenvalue weighted by Gasteiger charge is -2.16. The van der Waals surface area contributed by atoms with E-state index in [0.29, 0.717) is 23.9 Å². The van der Waals surface area contributed by atoms with E-state index in [1.165, 1.54) is 25.3 Å². The fourth-order valence-electron chi connectivity index (χ4n) is 2.89. The van der Waals surface area contributed by atoms with Crippen LogP contribution in [0.4, 0.5) is 0 Å². The van der Waals surface area contributed by atoms with E-state index in [1.807, 2.05) is 0 Å². The zero-order valence-electron chi connectivity index (χ0n) is 11.8. The number of carbonyl (C=O) groups is 2. The minimum atomic E-state index is -0.988. The summed E-state index contributed by atoms with van der Waals surface area (Å²) in [5, 5.41) is 12.0. The van der Waals surface area contributed by atoms with Gasteiger partial charge in [0, 0.05) is 6.54 Å². The van der Waals surface area contributed by atoms with Crippen molar-refractivity contribution in [3.8, 4) is 0 Å². The molecule has 4 nitrogen and oxygen atoms in total. The highest BCUT2D eigenvalue weighted by atomic mass is 16.4. The molecule has 1 aliphatic carbocycles. The zero-order valence-corrected chi connectivity index (χ0v) is 11.8. The summed E-state index contributed by atoms with van der Waals surface area (Å²) in [5.74, 6) is 0.144. The lowest BCUT2D eigenvalue weighted by Crippen LogP contribution is -2.31. The van der Waals surface area contributed by atoms with Gasteiger partial charge in [0.05, 0.1) is 12.0 Å². The van der Waals surface area contributed by atoms with Crippen LogP contribution in [-0.4, -0.2) is 23.5 Å². The molecule has 1 aliphatic rings. The van der Waals surface area contributed by atoms with Crippen molar-refractivity contribution in [2.45, 2.75) is 32.6 Å². The Hall–Kier alpha value is -1.84. The second-order valence-corrected chi connectivity index (χ2v) is 5.61. The number of benzene rings is 1. The molecule has 1 aromatic carbocycles. The third-order valence-electron chi connectivity index (χ3n) is 4.20. The van der Waals surface area contributed by atoms with Crippen molar-refractivity contribution in [2.24, 2.45) is 11.8 Å². The van der Waals surface area contributed by atoms with E-state index < -0.39 is 5.97 Å². The highest BCUT2D eigenvalue weighted by molar-refractivity contribution is 5.91. The van der Waals surface area contributed by atoms with Crippen molar-refractivity contribution in [1.82, 2.24) is 5.32 Å². The Labute approximate surface area is 119 Å². The molecule has 1 saturated carbocycles. The molecule has 2 rings (SSSR count). The molecule has 0 aromatic heterocycles. The lowest BCUT2D eigenvalue weighted by molar-refractivity contribution is -0.120. The van der Waals surface area contributed by atoms with E-state index in [2.05, 4.69) is 12.2 Å². The van der Waals surface area contributed by atoms with Crippen molar-refractivity contribution in [1.29, 1.82) is 0 Å². The van der Waals surface area contributed by atoms with Crippen molar-refractivity contribution in [3.05, 3.63) is 35.4 Å². The van der Waals surface area contributed by atoms with Gasteiger partial charge in [0.15, 0.2) is 0 Å². The summed E-state index contributed by atoms with van der Waals surface area (Å²) in [6, 6.07) is 6.66. The van der Waals surface area contributed by atoms with Gasteiger partial charge in [0.2, 0.25) is 5.91 Å². The summed E-state index contributed by atoms with van der Waals surface area (Å²) in [6.45, 7) is 2.93. The normalized spacial score (nSPS) is 21.6. The number of carbonyl (C=O) groups excluding carboxylic acids is 1. The molecule has 2 N–H and O–H groups in total. The summed E-state index contributed by atoms with van der Waals surface area (Å²) >= 11 is 0. The predicted octanol–water partition coefficient (Wildman–Crippen LogP) is 2.48. The van der Waals surface area contributed by atoms with Gasteiger partial charge in [-0.1, -0.05) is 38.0 Å². The third-order valence-corrected chi connectivity index (χ3v) is 4.20. The average Bonchev–Trinajstić information content (AvgIpc) is 2.82. The van der Waals surface area contributed by atoms with Gasteiger partial charge in [-0.15, -0.1) is 0 Å². The molecular formula is C16H21NO3. The van der Waals surface area contributed by atoms with Crippen LogP contribution < -0.4 is 5.32 Å². The molecule has 20 heavy (non-hydrogen) atoms. The first-order chi connectivity index (χ1) is 9.58. The molecule has 2 atom stereocenters. The molecule has 0 bridgehead atoms. The number of amides is 1. The number of aromatic carboxylic acids is 1. The maximum Gasteiger partial charge on any atom is 0.335 e. The van der Waals surface area contributed by atoms with Gasteiger partial charge in [-0.3, -0.25) is 4.79 Å². The Balaban J connectivity index is 1.90. The van der Waals surface area contributed by atoms with Crippen LogP contribution in [0.25, 0.3) is 0 Å². The molecule has 0 aliphatic heterocycles. The molecule has 1 fully saturated rings. The third kappa shape index (κ3) is 3.59. The van der Waals surface area contributed by atoms with Crippen molar-refractivity contribution in [3.63, 3.8) is 0 Å². The molecular weight excluding hydrogens is 254 g/mol. The quantitative estimate of drug-likeness (QED) is 0.867. The van der Waals surface area contributed by atoms with Gasteiger partial charge in [0.25, 0.3) is 0 Å². The van der Waals surface area contributed by atoms with Gasteiger partial charge in [0.1, 0.15) is 0 Å². The molecule has 1 aromatic rings. The topological polar surface area (TPSA) is 66.4 Å². The molecule has 1 amide bonds. The van der Waals surface area contributed by atoms with Crippen LogP contribution in [0.3, 0.4) is 0 Å². The van der Waals surface area contributed by atoms with E-state index in [9.17, 15) is 9.59 Å². The van der Waals surface area contributed by atoms with Crippen LogP contribution >= 0.6 is 0 Å². The van der Waals surface area contributed by atoms with Crippen molar-refractivity contribution in [2.75, 3.05) is 6.54 Å².